The molecule has 0 bridgehead atoms. The molecule has 33 heavy (non-hydrogen) atoms. The topological polar surface area (TPSA) is 68.6 Å². The second kappa shape index (κ2) is 9.41. The van der Waals surface area contributed by atoms with Gasteiger partial charge in [-0.1, -0.05) is 31.5 Å². The van der Waals surface area contributed by atoms with Gasteiger partial charge in [0.2, 0.25) is 0 Å². The first kappa shape index (κ1) is 23.1. The van der Waals surface area contributed by atoms with Gasteiger partial charge < -0.3 is 9.72 Å². The van der Waals surface area contributed by atoms with Crippen molar-refractivity contribution >= 4 is 45.9 Å². The highest BCUT2D eigenvalue weighted by atomic mass is 35.5. The Bertz CT molecular complexity index is 1420. The molecule has 170 valence electrons. The molecule has 0 spiro atoms. The average molecular weight is 482 g/mol. The van der Waals surface area contributed by atoms with Crippen LogP contribution in [-0.4, -0.2) is 31.3 Å². The molecule has 6 nitrogen and oxygen atoms in total. The Morgan fingerprint density at radius 2 is 1.94 bits per heavy atom. The van der Waals surface area contributed by atoms with Gasteiger partial charge in [0.1, 0.15) is 11.4 Å². The van der Waals surface area contributed by atoms with Gasteiger partial charge in [0, 0.05) is 35.1 Å². The highest BCUT2D eigenvalue weighted by molar-refractivity contribution is 6.30. The highest BCUT2D eigenvalue weighted by Gasteiger charge is 2.12. The largest absolute Gasteiger partial charge is 0.493 e. The lowest BCUT2D eigenvalue weighted by Gasteiger charge is -2.13. The number of hydrogen-bond donors (Lipinski definition) is 1. The van der Waals surface area contributed by atoms with Gasteiger partial charge >= 0.3 is 0 Å². The van der Waals surface area contributed by atoms with E-state index < -0.39 is 0 Å². The first-order valence-electron chi connectivity index (χ1n) is 10.7. The second-order valence-corrected chi connectivity index (χ2v) is 8.87. The fourth-order valence-electron chi connectivity index (χ4n) is 3.77. The maximum atomic E-state index is 6.27. The van der Waals surface area contributed by atoms with Crippen LogP contribution in [-0.2, 0) is 13.5 Å². The van der Waals surface area contributed by atoms with E-state index in [4.69, 9.17) is 26.3 Å². The van der Waals surface area contributed by atoms with Crippen LogP contribution in [0.15, 0.2) is 54.7 Å². The number of aromatic nitrogens is 5. The van der Waals surface area contributed by atoms with Crippen LogP contribution in [0, 0.1) is 5.92 Å². The number of hydrogen-bond acceptors (Lipinski definition) is 4. The lowest BCUT2D eigenvalue weighted by Crippen LogP contribution is -2.06. The third-order valence-corrected chi connectivity index (χ3v) is 5.60. The molecular formula is C25H25Cl2N5O. The molecule has 0 amide bonds. The van der Waals surface area contributed by atoms with Gasteiger partial charge in [0.15, 0.2) is 5.82 Å². The molecule has 1 N–H and O–H groups in total. The van der Waals surface area contributed by atoms with E-state index in [1.807, 2.05) is 60.4 Å². The van der Waals surface area contributed by atoms with Crippen molar-refractivity contribution in [3.63, 3.8) is 0 Å². The van der Waals surface area contributed by atoms with E-state index in [-0.39, 0.29) is 12.4 Å². The molecule has 0 unspecified atom stereocenters. The Balaban J connectivity index is 0.00000259. The number of aromatic amines is 1. The third kappa shape index (κ3) is 4.82. The second-order valence-electron chi connectivity index (χ2n) is 8.43. The summed E-state index contributed by atoms with van der Waals surface area (Å²) in [5.41, 5.74) is 5.65. The number of H-pyrrole nitrogens is 1. The zero-order valence-electron chi connectivity index (χ0n) is 18.7. The number of pyridine rings is 1. The van der Waals surface area contributed by atoms with Gasteiger partial charge in [-0.3, -0.25) is 4.68 Å². The first-order valence-corrected chi connectivity index (χ1v) is 11.0. The Morgan fingerprint density at radius 1 is 1.09 bits per heavy atom. The molecular weight excluding hydrogens is 457 g/mol. The van der Waals surface area contributed by atoms with Crippen LogP contribution in [0.2, 0.25) is 5.02 Å². The first-order chi connectivity index (χ1) is 15.5. The summed E-state index contributed by atoms with van der Waals surface area (Å²) in [5.74, 6) is 2.03. The minimum Gasteiger partial charge on any atom is -0.493 e. The van der Waals surface area contributed by atoms with Crippen LogP contribution in [0.5, 0.6) is 5.75 Å². The van der Waals surface area contributed by atoms with E-state index in [1.165, 1.54) is 0 Å². The summed E-state index contributed by atoms with van der Waals surface area (Å²) in [6, 6.07) is 15.8. The number of nitrogens with zero attached hydrogens (tertiary/aromatic N) is 4. The fraction of sp³-hybridized carbons (Fsp3) is 0.240. The van der Waals surface area contributed by atoms with Crippen molar-refractivity contribution in [2.75, 3.05) is 6.61 Å². The maximum absolute atomic E-state index is 6.27. The molecule has 5 rings (SSSR count). The normalized spacial score (nSPS) is 11.3. The van der Waals surface area contributed by atoms with Gasteiger partial charge in [-0.05, 0) is 48.4 Å². The van der Waals surface area contributed by atoms with Crippen molar-refractivity contribution in [2.45, 2.75) is 20.3 Å². The number of fused-ring (bicyclic) bond motifs is 2. The minimum atomic E-state index is 0. The van der Waals surface area contributed by atoms with Gasteiger partial charge in [0.05, 0.1) is 29.4 Å². The number of rotatable bonds is 6. The van der Waals surface area contributed by atoms with E-state index in [1.54, 1.807) is 0 Å². The molecule has 0 aliphatic carbocycles. The summed E-state index contributed by atoms with van der Waals surface area (Å²) in [4.78, 5) is 13.0. The molecule has 0 saturated heterocycles. The molecule has 0 fully saturated rings. The Hall–Kier alpha value is -3.09. The quantitative estimate of drug-likeness (QED) is 0.312. The molecule has 0 saturated carbocycles. The number of ether oxygens (including phenoxy) is 1. The summed E-state index contributed by atoms with van der Waals surface area (Å²) in [7, 11) is 1.93. The number of imidazole rings is 1. The highest BCUT2D eigenvalue weighted by Crippen LogP contribution is 2.27. The zero-order chi connectivity index (χ0) is 22.2. The number of halogens is 2. The van der Waals surface area contributed by atoms with Gasteiger partial charge in [-0.15, -0.1) is 12.4 Å². The van der Waals surface area contributed by atoms with Crippen molar-refractivity contribution in [3.05, 3.63) is 71.0 Å². The van der Waals surface area contributed by atoms with Crippen LogP contribution in [0.25, 0.3) is 33.5 Å². The summed E-state index contributed by atoms with van der Waals surface area (Å²) in [6.07, 6.45) is 2.48. The van der Waals surface area contributed by atoms with Crippen LogP contribution >= 0.6 is 24.0 Å². The molecule has 2 aromatic carbocycles. The number of benzene rings is 2. The van der Waals surface area contributed by atoms with Crippen LogP contribution in [0.3, 0.4) is 0 Å². The summed E-state index contributed by atoms with van der Waals surface area (Å²) >= 11 is 6.27. The van der Waals surface area contributed by atoms with Gasteiger partial charge in [0.25, 0.3) is 0 Å². The van der Waals surface area contributed by atoms with Crippen molar-refractivity contribution in [1.29, 1.82) is 0 Å². The molecule has 8 heteroatoms. The van der Waals surface area contributed by atoms with Crippen molar-refractivity contribution in [1.82, 2.24) is 24.7 Å². The SMILES string of the molecule is CC(C)COc1ccc(Cl)cc1Cc1cccc(-c2nc3cc4c(cnn4C)cc3[nH]2)n1.Cl. The number of aryl methyl sites for hydroxylation is 1. The predicted octanol–water partition coefficient (Wildman–Crippen LogP) is 6.21. The Labute approximate surface area is 203 Å². The monoisotopic (exact) mass is 481 g/mol. The van der Waals surface area contributed by atoms with E-state index in [9.17, 15) is 0 Å². The van der Waals surface area contributed by atoms with E-state index >= 15 is 0 Å². The maximum Gasteiger partial charge on any atom is 0.157 e. The minimum absolute atomic E-state index is 0. The smallest absolute Gasteiger partial charge is 0.157 e. The molecule has 0 radical (unpaired) electrons. The van der Waals surface area contributed by atoms with E-state index in [0.29, 0.717) is 24.0 Å². The molecule has 5 aromatic rings. The average Bonchev–Trinajstić information content (AvgIpc) is 3.35. The van der Waals surface area contributed by atoms with Crippen LogP contribution in [0.4, 0.5) is 0 Å². The zero-order valence-corrected chi connectivity index (χ0v) is 20.2. The molecule has 0 aliphatic rings. The lowest BCUT2D eigenvalue weighted by atomic mass is 10.1. The lowest BCUT2D eigenvalue weighted by molar-refractivity contribution is 0.269. The van der Waals surface area contributed by atoms with Crippen LogP contribution in [0.1, 0.15) is 25.1 Å². The third-order valence-electron chi connectivity index (χ3n) is 5.36. The molecule has 0 aliphatic heterocycles. The summed E-state index contributed by atoms with van der Waals surface area (Å²) in [6.45, 7) is 4.92. The predicted molar refractivity (Wildman–Crippen MR) is 135 cm³/mol. The summed E-state index contributed by atoms with van der Waals surface area (Å²) in [5, 5.41) is 6.07. The van der Waals surface area contributed by atoms with Crippen molar-refractivity contribution in [3.8, 4) is 17.3 Å². The Kier molecular flexibility index (Phi) is 6.58. The molecule has 3 heterocycles. The molecule has 0 atom stereocenters. The summed E-state index contributed by atoms with van der Waals surface area (Å²) < 4.78 is 7.86. The van der Waals surface area contributed by atoms with E-state index in [2.05, 4.69) is 30.0 Å². The van der Waals surface area contributed by atoms with Crippen molar-refractivity contribution in [2.24, 2.45) is 13.0 Å². The fourth-order valence-corrected chi connectivity index (χ4v) is 3.96. The van der Waals surface area contributed by atoms with Gasteiger partial charge in [-0.2, -0.15) is 5.10 Å². The van der Waals surface area contributed by atoms with E-state index in [0.717, 1.165) is 50.5 Å². The van der Waals surface area contributed by atoms with Gasteiger partial charge in [-0.25, -0.2) is 9.97 Å². The standard InChI is InChI=1S/C25H24ClN5O.ClH/c1-15(2)14-32-24-8-7-18(26)9-16(24)10-19-5-4-6-20(28-19)25-29-21-11-17-13-27-31(3)23(17)12-22(21)30-25;/h4-9,11-13,15H,10,14H2,1-3H3,(H,29,30);1H. The molecule has 3 aromatic heterocycles. The van der Waals surface area contributed by atoms with Crippen LogP contribution < -0.4 is 4.74 Å². The van der Waals surface area contributed by atoms with Crippen molar-refractivity contribution < 1.29 is 4.74 Å². The Morgan fingerprint density at radius 3 is 2.76 bits per heavy atom. The number of nitrogens with one attached hydrogen (secondary N) is 1.